The van der Waals surface area contributed by atoms with Crippen LogP contribution in [0.1, 0.15) is 39.3 Å². The van der Waals surface area contributed by atoms with E-state index in [2.05, 4.69) is 56.4 Å². The molecular weight excluding hydrogens is 566 g/mol. The summed E-state index contributed by atoms with van der Waals surface area (Å²) < 4.78 is 7.44. The Hall–Kier alpha value is -5.17. The molecule has 0 radical (unpaired) electrons. The fraction of sp³-hybridized carbons (Fsp3) is 0.233. The van der Waals surface area contributed by atoms with E-state index in [0.29, 0.717) is 30.2 Å². The summed E-state index contributed by atoms with van der Waals surface area (Å²) in [6.07, 6.45) is 9.51. The summed E-state index contributed by atoms with van der Waals surface area (Å²) in [4.78, 5) is 44.6. The highest BCUT2D eigenvalue weighted by molar-refractivity contribution is 7.19. The number of aromatic nitrogens is 6. The maximum absolute atomic E-state index is 12.9. The van der Waals surface area contributed by atoms with Crippen molar-refractivity contribution in [3.05, 3.63) is 79.1 Å². The first-order valence-electron chi connectivity index (χ1n) is 13.7. The molecule has 2 N–H and O–H groups in total. The summed E-state index contributed by atoms with van der Waals surface area (Å²) in [6, 6.07) is 12.6. The van der Waals surface area contributed by atoms with Gasteiger partial charge in [0.15, 0.2) is 5.13 Å². The molecular formula is C30H29N9O3S. The third-order valence-corrected chi connectivity index (χ3v) is 7.71. The van der Waals surface area contributed by atoms with Crippen molar-refractivity contribution >= 4 is 39.9 Å². The average Bonchev–Trinajstić information content (AvgIpc) is 3.75. The van der Waals surface area contributed by atoms with E-state index in [-0.39, 0.29) is 17.3 Å². The van der Waals surface area contributed by atoms with E-state index in [1.165, 1.54) is 23.7 Å². The topological polar surface area (TPSA) is 140 Å². The van der Waals surface area contributed by atoms with Crippen LogP contribution in [-0.2, 0) is 10.2 Å². The van der Waals surface area contributed by atoms with Crippen LogP contribution in [0.3, 0.4) is 0 Å². The van der Waals surface area contributed by atoms with E-state index in [1.54, 1.807) is 28.2 Å². The standard InChI is InChI=1S/C30H29N9O3S/c1-30(2,3)24-14-25(39(37-24)21-6-4-12-31-17-21)36-27(41)35-20-15-32-28(33-16-20)42-22-10-8-19(9-11-22)23-18-34-29(43-23)38-13-5-7-26(38)40/h4,6,8-12,14-18H,5,7,13H2,1-3H3,(H2,35,36,41). The number of pyridine rings is 1. The first kappa shape index (κ1) is 28.0. The molecule has 1 aliphatic heterocycles. The monoisotopic (exact) mass is 595 g/mol. The van der Waals surface area contributed by atoms with Gasteiger partial charge in [-0.15, -0.1) is 0 Å². The van der Waals surface area contributed by atoms with E-state index in [0.717, 1.165) is 33.4 Å². The molecule has 13 heteroatoms. The summed E-state index contributed by atoms with van der Waals surface area (Å²) >= 11 is 1.49. The van der Waals surface area contributed by atoms with E-state index in [1.807, 2.05) is 42.5 Å². The average molecular weight is 596 g/mol. The number of carbonyl (C=O) groups is 2. The zero-order valence-electron chi connectivity index (χ0n) is 23.8. The van der Waals surface area contributed by atoms with Crippen molar-refractivity contribution in [1.29, 1.82) is 0 Å². The maximum atomic E-state index is 12.9. The lowest BCUT2D eigenvalue weighted by molar-refractivity contribution is -0.117. The number of benzene rings is 1. The highest BCUT2D eigenvalue weighted by Crippen LogP contribution is 2.34. The summed E-state index contributed by atoms with van der Waals surface area (Å²) in [7, 11) is 0. The van der Waals surface area contributed by atoms with Crippen LogP contribution in [0.2, 0.25) is 0 Å². The molecule has 0 aliphatic carbocycles. The minimum absolute atomic E-state index is 0.120. The van der Waals surface area contributed by atoms with Gasteiger partial charge in [-0.3, -0.25) is 20.0 Å². The third-order valence-electron chi connectivity index (χ3n) is 6.64. The molecule has 12 nitrogen and oxygen atoms in total. The Balaban J connectivity index is 1.08. The Labute approximate surface area is 251 Å². The zero-order valence-corrected chi connectivity index (χ0v) is 24.6. The van der Waals surface area contributed by atoms with Crippen molar-refractivity contribution in [1.82, 2.24) is 29.7 Å². The predicted octanol–water partition coefficient (Wildman–Crippen LogP) is 6.04. The Kier molecular flexibility index (Phi) is 7.55. The lowest BCUT2D eigenvalue weighted by Gasteiger charge is -2.14. The van der Waals surface area contributed by atoms with Gasteiger partial charge in [-0.1, -0.05) is 32.1 Å². The summed E-state index contributed by atoms with van der Waals surface area (Å²) in [5.41, 5.74) is 2.68. The van der Waals surface area contributed by atoms with Crippen LogP contribution in [-0.4, -0.2) is 48.2 Å². The van der Waals surface area contributed by atoms with Crippen LogP contribution in [0.25, 0.3) is 16.1 Å². The molecule has 0 bridgehead atoms. The van der Waals surface area contributed by atoms with E-state index >= 15 is 0 Å². The van der Waals surface area contributed by atoms with Crippen molar-refractivity contribution in [2.45, 2.75) is 39.0 Å². The molecule has 1 saturated heterocycles. The van der Waals surface area contributed by atoms with Crippen molar-refractivity contribution in [2.24, 2.45) is 0 Å². The first-order chi connectivity index (χ1) is 20.7. The molecule has 1 fully saturated rings. The number of ether oxygens (including phenoxy) is 1. The SMILES string of the molecule is CC(C)(C)c1cc(NC(=O)Nc2cnc(Oc3ccc(-c4cnc(N5CCCC5=O)s4)cc3)nc2)n(-c2cccnc2)n1. The lowest BCUT2D eigenvalue weighted by atomic mass is 9.92. The Morgan fingerprint density at radius 3 is 2.47 bits per heavy atom. The zero-order chi connectivity index (χ0) is 30.0. The summed E-state index contributed by atoms with van der Waals surface area (Å²) in [6.45, 7) is 6.88. The van der Waals surface area contributed by atoms with E-state index in [4.69, 9.17) is 4.74 Å². The fourth-order valence-electron chi connectivity index (χ4n) is 4.39. The maximum Gasteiger partial charge on any atom is 0.324 e. The lowest BCUT2D eigenvalue weighted by Crippen LogP contribution is -2.23. The van der Waals surface area contributed by atoms with Gasteiger partial charge >= 0.3 is 12.0 Å². The van der Waals surface area contributed by atoms with Crippen LogP contribution in [0.4, 0.5) is 21.4 Å². The highest BCUT2D eigenvalue weighted by Gasteiger charge is 2.24. The molecule has 43 heavy (non-hydrogen) atoms. The second-order valence-corrected chi connectivity index (χ2v) is 11.9. The second kappa shape index (κ2) is 11.6. The van der Waals surface area contributed by atoms with Crippen LogP contribution in [0.15, 0.2) is 73.4 Å². The molecule has 0 spiro atoms. The Morgan fingerprint density at radius 2 is 1.79 bits per heavy atom. The number of hydrogen-bond acceptors (Lipinski definition) is 9. The molecule has 5 heterocycles. The van der Waals surface area contributed by atoms with Gasteiger partial charge in [-0.25, -0.2) is 24.4 Å². The predicted molar refractivity (Wildman–Crippen MR) is 164 cm³/mol. The number of carbonyl (C=O) groups excluding carboxylic acids is 2. The number of rotatable bonds is 7. The van der Waals surface area contributed by atoms with Crippen LogP contribution in [0.5, 0.6) is 11.8 Å². The number of nitrogens with zero attached hydrogens (tertiary/aromatic N) is 7. The molecule has 5 aromatic rings. The van der Waals surface area contributed by atoms with Crippen molar-refractivity contribution in [3.63, 3.8) is 0 Å². The minimum atomic E-state index is -0.473. The molecule has 0 saturated carbocycles. The van der Waals surface area contributed by atoms with E-state index < -0.39 is 6.03 Å². The normalized spacial score (nSPS) is 13.3. The van der Waals surface area contributed by atoms with Gasteiger partial charge in [0.05, 0.1) is 40.5 Å². The molecule has 1 aromatic carbocycles. The second-order valence-electron chi connectivity index (χ2n) is 10.9. The van der Waals surface area contributed by atoms with Crippen molar-refractivity contribution in [2.75, 3.05) is 22.1 Å². The first-order valence-corrected chi connectivity index (χ1v) is 14.5. The summed E-state index contributed by atoms with van der Waals surface area (Å²) in [5.74, 6) is 1.17. The molecule has 0 atom stereocenters. The molecule has 6 rings (SSSR count). The van der Waals surface area contributed by atoms with Gasteiger partial charge in [0, 0.05) is 36.8 Å². The molecule has 218 valence electrons. The number of nitrogens with one attached hydrogen (secondary N) is 2. The van der Waals surface area contributed by atoms with Crippen LogP contribution < -0.4 is 20.3 Å². The summed E-state index contributed by atoms with van der Waals surface area (Å²) in [5, 5.41) is 11.0. The van der Waals surface area contributed by atoms with Crippen molar-refractivity contribution in [3.8, 4) is 27.9 Å². The molecule has 1 aliphatic rings. The Bertz CT molecular complexity index is 1740. The van der Waals surface area contributed by atoms with Gasteiger partial charge in [-0.05, 0) is 48.4 Å². The van der Waals surface area contributed by atoms with Crippen LogP contribution >= 0.6 is 11.3 Å². The van der Waals surface area contributed by atoms with Gasteiger partial charge in [0.2, 0.25) is 5.91 Å². The number of hydrogen-bond donors (Lipinski definition) is 2. The quantitative estimate of drug-likeness (QED) is 0.232. The van der Waals surface area contributed by atoms with Gasteiger partial charge < -0.3 is 10.1 Å². The molecule has 0 unspecified atom stereocenters. The fourth-order valence-corrected chi connectivity index (χ4v) is 5.36. The number of amides is 3. The molecule has 3 amide bonds. The van der Waals surface area contributed by atoms with Crippen LogP contribution in [0, 0.1) is 0 Å². The largest absolute Gasteiger partial charge is 0.424 e. The third kappa shape index (κ3) is 6.36. The number of urea groups is 1. The number of anilines is 3. The minimum Gasteiger partial charge on any atom is -0.424 e. The van der Waals surface area contributed by atoms with Gasteiger partial charge in [0.1, 0.15) is 11.6 Å². The number of thiazole rings is 1. The van der Waals surface area contributed by atoms with E-state index in [9.17, 15) is 9.59 Å². The molecule has 4 aromatic heterocycles. The van der Waals surface area contributed by atoms with Gasteiger partial charge in [0.25, 0.3) is 0 Å². The Morgan fingerprint density at radius 1 is 1.00 bits per heavy atom. The smallest absolute Gasteiger partial charge is 0.324 e. The van der Waals surface area contributed by atoms with Crippen molar-refractivity contribution < 1.29 is 14.3 Å². The highest BCUT2D eigenvalue weighted by atomic mass is 32.1. The van der Waals surface area contributed by atoms with Gasteiger partial charge in [-0.2, -0.15) is 5.10 Å².